The molecule has 1 amide bonds. The molecule has 0 saturated carbocycles. The molecule has 0 bridgehead atoms. The van der Waals surface area contributed by atoms with Gasteiger partial charge in [0.2, 0.25) is 5.91 Å². The fourth-order valence-corrected chi connectivity index (χ4v) is 3.34. The number of carbonyl (C=O) groups is 1. The van der Waals surface area contributed by atoms with E-state index >= 15 is 0 Å². The minimum absolute atomic E-state index is 0.127. The summed E-state index contributed by atoms with van der Waals surface area (Å²) in [5, 5.41) is 6.33. The Kier molecular flexibility index (Phi) is 6.60. The second-order valence-electron chi connectivity index (χ2n) is 6.25. The van der Waals surface area contributed by atoms with Crippen LogP contribution in [0.25, 0.3) is 10.8 Å². The molecule has 0 aliphatic heterocycles. The molecule has 0 radical (unpaired) electrons. The first-order valence-electron chi connectivity index (χ1n) is 8.82. The summed E-state index contributed by atoms with van der Waals surface area (Å²) in [6.07, 6.45) is 2.66. The molecule has 4 nitrogen and oxygen atoms in total. The van der Waals surface area contributed by atoms with Gasteiger partial charge in [-0.3, -0.25) is 4.79 Å². The minimum Gasteiger partial charge on any atom is -0.492 e. The number of amides is 1. The van der Waals surface area contributed by atoms with E-state index in [0.717, 1.165) is 32.1 Å². The number of hydrogen-bond donors (Lipinski definition) is 1. The molecule has 0 spiro atoms. The van der Waals surface area contributed by atoms with Gasteiger partial charge in [0.05, 0.1) is 17.3 Å². The highest BCUT2D eigenvalue weighted by atomic mass is 79.9. The molecule has 0 saturated heterocycles. The van der Waals surface area contributed by atoms with Crippen LogP contribution < -0.4 is 10.2 Å². The normalized spacial score (nSPS) is 11.0. The molecular formula is C22H21BrN2O2. The topological polar surface area (TPSA) is 50.7 Å². The quantitative estimate of drug-likeness (QED) is 0.321. The lowest BCUT2D eigenvalue weighted by Crippen LogP contribution is -2.18. The highest BCUT2D eigenvalue weighted by Gasteiger charge is 2.03. The van der Waals surface area contributed by atoms with Crippen LogP contribution in [0.2, 0.25) is 0 Å². The Morgan fingerprint density at radius 1 is 1.15 bits per heavy atom. The van der Waals surface area contributed by atoms with Crippen LogP contribution in [0.1, 0.15) is 24.0 Å². The third kappa shape index (κ3) is 5.41. The number of benzene rings is 3. The highest BCUT2D eigenvalue weighted by Crippen LogP contribution is 2.25. The van der Waals surface area contributed by atoms with Crippen molar-refractivity contribution in [2.75, 3.05) is 6.61 Å². The fourth-order valence-electron chi connectivity index (χ4n) is 2.73. The van der Waals surface area contributed by atoms with Crippen molar-refractivity contribution >= 4 is 38.8 Å². The lowest BCUT2D eigenvalue weighted by atomic mass is 10.1. The molecule has 3 aromatic carbocycles. The zero-order chi connectivity index (χ0) is 19.1. The first-order valence-corrected chi connectivity index (χ1v) is 9.61. The lowest BCUT2D eigenvalue weighted by Gasteiger charge is -2.08. The monoisotopic (exact) mass is 424 g/mol. The van der Waals surface area contributed by atoms with E-state index in [1.165, 1.54) is 0 Å². The molecule has 0 aliphatic carbocycles. The van der Waals surface area contributed by atoms with Gasteiger partial charge in [-0.2, -0.15) is 5.10 Å². The third-order valence-corrected chi connectivity index (χ3v) is 4.73. The van der Waals surface area contributed by atoms with Crippen molar-refractivity contribution in [3.8, 4) is 5.75 Å². The van der Waals surface area contributed by atoms with E-state index in [-0.39, 0.29) is 5.91 Å². The number of ether oxygens (including phenoxy) is 1. The summed E-state index contributed by atoms with van der Waals surface area (Å²) in [5.74, 6) is 0.660. The van der Waals surface area contributed by atoms with E-state index in [4.69, 9.17) is 4.74 Å². The first kappa shape index (κ1) is 19.1. The Hall–Kier alpha value is -2.66. The summed E-state index contributed by atoms with van der Waals surface area (Å²) in [5.41, 5.74) is 4.72. The van der Waals surface area contributed by atoms with Crippen molar-refractivity contribution in [2.24, 2.45) is 5.10 Å². The summed E-state index contributed by atoms with van der Waals surface area (Å²) in [6.45, 7) is 2.50. The number of hydrogen-bond acceptors (Lipinski definition) is 3. The van der Waals surface area contributed by atoms with Crippen molar-refractivity contribution in [3.05, 3.63) is 76.3 Å². The van der Waals surface area contributed by atoms with Crippen LogP contribution in [0.5, 0.6) is 5.75 Å². The van der Waals surface area contributed by atoms with E-state index in [1.54, 1.807) is 6.21 Å². The van der Waals surface area contributed by atoms with Gasteiger partial charge in [-0.05, 0) is 57.7 Å². The maximum Gasteiger partial charge on any atom is 0.240 e. The molecule has 27 heavy (non-hydrogen) atoms. The number of carbonyl (C=O) groups excluding carboxylic acids is 1. The van der Waals surface area contributed by atoms with Gasteiger partial charge in [0.1, 0.15) is 5.75 Å². The summed E-state index contributed by atoms with van der Waals surface area (Å²) < 4.78 is 6.62. The second-order valence-corrected chi connectivity index (χ2v) is 7.10. The summed E-state index contributed by atoms with van der Waals surface area (Å²) in [4.78, 5) is 11.9. The Morgan fingerprint density at radius 3 is 2.81 bits per heavy atom. The summed E-state index contributed by atoms with van der Waals surface area (Å²) >= 11 is 3.48. The Bertz CT molecular complexity index is 964. The molecule has 138 valence electrons. The Balaban J connectivity index is 1.45. The third-order valence-electron chi connectivity index (χ3n) is 4.11. The molecular weight excluding hydrogens is 404 g/mol. The van der Waals surface area contributed by atoms with Gasteiger partial charge in [-0.1, -0.05) is 48.5 Å². The Labute approximate surface area is 167 Å². The van der Waals surface area contributed by atoms with Crippen LogP contribution >= 0.6 is 15.9 Å². The number of fused-ring (bicyclic) bond motifs is 1. The lowest BCUT2D eigenvalue weighted by molar-refractivity contribution is -0.121. The van der Waals surface area contributed by atoms with E-state index in [0.29, 0.717) is 19.4 Å². The highest BCUT2D eigenvalue weighted by molar-refractivity contribution is 9.10. The molecule has 3 rings (SSSR count). The molecule has 3 aromatic rings. The van der Waals surface area contributed by atoms with E-state index in [1.807, 2.05) is 55.5 Å². The van der Waals surface area contributed by atoms with Gasteiger partial charge < -0.3 is 4.74 Å². The van der Waals surface area contributed by atoms with Crippen molar-refractivity contribution in [1.82, 2.24) is 5.43 Å². The van der Waals surface area contributed by atoms with Crippen molar-refractivity contribution in [2.45, 2.75) is 19.8 Å². The van der Waals surface area contributed by atoms with Gasteiger partial charge in [0.15, 0.2) is 0 Å². The molecule has 0 atom stereocenters. The number of aryl methyl sites for hydroxylation is 1. The Morgan fingerprint density at radius 2 is 1.96 bits per heavy atom. The standard InChI is InChI=1S/C22H21BrN2O2/c1-16-11-12-21(20(23)14-16)27-13-5-10-22(26)25-24-15-18-8-4-7-17-6-2-3-9-19(17)18/h2-4,6-9,11-12,14-15H,5,10,13H2,1H3,(H,25,26)/b24-15+. The van der Waals surface area contributed by atoms with Gasteiger partial charge in [-0.25, -0.2) is 5.43 Å². The average molecular weight is 425 g/mol. The molecule has 5 heteroatoms. The molecule has 1 N–H and O–H groups in total. The fraction of sp³-hybridized carbons (Fsp3) is 0.182. The molecule has 0 fully saturated rings. The first-order chi connectivity index (χ1) is 13.1. The van der Waals surface area contributed by atoms with E-state index < -0.39 is 0 Å². The number of hydrazone groups is 1. The maximum absolute atomic E-state index is 11.9. The molecule has 0 aromatic heterocycles. The van der Waals surface area contributed by atoms with Gasteiger partial charge in [0.25, 0.3) is 0 Å². The predicted octanol–water partition coefficient (Wildman–Crippen LogP) is 5.22. The number of nitrogens with zero attached hydrogens (tertiary/aromatic N) is 1. The zero-order valence-corrected chi connectivity index (χ0v) is 16.7. The van der Waals surface area contributed by atoms with Crippen LogP contribution in [0.3, 0.4) is 0 Å². The van der Waals surface area contributed by atoms with E-state index in [9.17, 15) is 4.79 Å². The largest absolute Gasteiger partial charge is 0.492 e. The van der Waals surface area contributed by atoms with Gasteiger partial charge in [0, 0.05) is 12.0 Å². The van der Waals surface area contributed by atoms with Crippen LogP contribution in [0, 0.1) is 6.92 Å². The number of halogens is 1. The van der Waals surface area contributed by atoms with Crippen LogP contribution in [0.15, 0.2) is 70.2 Å². The smallest absolute Gasteiger partial charge is 0.240 e. The maximum atomic E-state index is 11.9. The van der Waals surface area contributed by atoms with Crippen LogP contribution in [-0.2, 0) is 4.79 Å². The minimum atomic E-state index is -0.127. The second kappa shape index (κ2) is 9.33. The van der Waals surface area contributed by atoms with Crippen LogP contribution in [0.4, 0.5) is 0 Å². The van der Waals surface area contributed by atoms with Gasteiger partial charge in [-0.15, -0.1) is 0 Å². The SMILES string of the molecule is Cc1ccc(OCCCC(=O)N/N=C/c2cccc3ccccc23)c(Br)c1. The average Bonchev–Trinajstić information content (AvgIpc) is 2.67. The number of rotatable bonds is 7. The summed E-state index contributed by atoms with van der Waals surface area (Å²) in [7, 11) is 0. The summed E-state index contributed by atoms with van der Waals surface area (Å²) in [6, 6.07) is 20.0. The van der Waals surface area contributed by atoms with Crippen molar-refractivity contribution in [1.29, 1.82) is 0 Å². The molecule has 0 unspecified atom stereocenters. The number of nitrogens with one attached hydrogen (secondary N) is 1. The molecule has 0 aliphatic rings. The predicted molar refractivity (Wildman–Crippen MR) is 113 cm³/mol. The molecule has 0 heterocycles. The van der Waals surface area contributed by atoms with Crippen molar-refractivity contribution in [3.63, 3.8) is 0 Å². The van der Waals surface area contributed by atoms with Gasteiger partial charge >= 0.3 is 0 Å². The van der Waals surface area contributed by atoms with Crippen LogP contribution in [-0.4, -0.2) is 18.7 Å². The van der Waals surface area contributed by atoms with Crippen molar-refractivity contribution < 1.29 is 9.53 Å². The zero-order valence-electron chi connectivity index (χ0n) is 15.1. The van der Waals surface area contributed by atoms with E-state index in [2.05, 4.69) is 38.6 Å².